The van der Waals surface area contributed by atoms with Gasteiger partial charge in [0.25, 0.3) is 5.56 Å². The molecule has 0 fully saturated rings. The number of H-pyrrole nitrogens is 1. The van der Waals surface area contributed by atoms with Gasteiger partial charge in [-0.1, -0.05) is 17.8 Å². The average molecular weight is 331 g/mol. The number of carbonyl (C=O) groups excluding carboxylic acids is 1. The summed E-state index contributed by atoms with van der Waals surface area (Å²) in [5.74, 6) is 1.10. The number of nitrogens with zero attached hydrogens (tertiary/aromatic N) is 1. The first-order valence-corrected chi connectivity index (χ1v) is 8.26. The molecule has 0 bridgehead atoms. The maximum absolute atomic E-state index is 12.5. The lowest BCUT2D eigenvalue weighted by molar-refractivity contribution is -0.116. The van der Waals surface area contributed by atoms with Crippen molar-refractivity contribution in [2.75, 3.05) is 18.4 Å². The third kappa shape index (κ3) is 2.35. The first kappa shape index (κ1) is 14.1. The summed E-state index contributed by atoms with van der Waals surface area (Å²) in [5, 5.41) is 3.16. The third-order valence-electron chi connectivity index (χ3n) is 3.92. The lowest BCUT2D eigenvalue weighted by Crippen LogP contribution is -2.31. The van der Waals surface area contributed by atoms with E-state index < -0.39 is 0 Å². The second-order valence-corrected chi connectivity index (χ2v) is 6.05. The molecular formula is C15H13N3O4S. The van der Waals surface area contributed by atoms with Crippen LogP contribution in [-0.4, -0.2) is 28.9 Å². The Morgan fingerprint density at radius 1 is 1.26 bits per heavy atom. The number of aromatic nitrogens is 2. The minimum absolute atomic E-state index is 0.162. The molecule has 1 atom stereocenters. The molecule has 2 aliphatic rings. The van der Waals surface area contributed by atoms with Gasteiger partial charge in [0.1, 0.15) is 5.82 Å². The van der Waals surface area contributed by atoms with Crippen LogP contribution in [0.15, 0.2) is 28.2 Å². The molecule has 0 radical (unpaired) electrons. The number of carbonyl (C=O) groups is 1. The molecule has 2 aliphatic heterocycles. The molecule has 0 aliphatic carbocycles. The standard InChI is InChI=1S/C15H13N3O4S/c1-23-15-17-13-12(14(20)18-15)8(5-11(19)16-13)7-2-3-9-10(4-7)22-6-21-9/h2-4,8H,5-6H2,1H3,(H2,16,17,18,19,20). The summed E-state index contributed by atoms with van der Waals surface area (Å²) in [6, 6.07) is 5.46. The van der Waals surface area contributed by atoms with Gasteiger partial charge in [-0.25, -0.2) is 4.98 Å². The van der Waals surface area contributed by atoms with Gasteiger partial charge in [0, 0.05) is 12.3 Å². The predicted octanol–water partition coefficient (Wildman–Crippen LogP) is 1.69. The number of benzene rings is 1. The molecule has 118 valence electrons. The highest BCUT2D eigenvalue weighted by molar-refractivity contribution is 7.98. The highest BCUT2D eigenvalue weighted by Gasteiger charge is 2.31. The molecule has 1 amide bonds. The van der Waals surface area contributed by atoms with Gasteiger partial charge in [-0.3, -0.25) is 9.59 Å². The fourth-order valence-corrected chi connectivity index (χ4v) is 3.24. The van der Waals surface area contributed by atoms with Crippen LogP contribution >= 0.6 is 11.8 Å². The van der Waals surface area contributed by atoms with Crippen LogP contribution in [0.1, 0.15) is 23.5 Å². The van der Waals surface area contributed by atoms with E-state index in [2.05, 4.69) is 15.3 Å². The summed E-state index contributed by atoms with van der Waals surface area (Å²) in [6.45, 7) is 0.180. The number of thioether (sulfide) groups is 1. The summed E-state index contributed by atoms with van der Waals surface area (Å²) in [4.78, 5) is 31.5. The van der Waals surface area contributed by atoms with E-state index in [1.807, 2.05) is 18.4 Å². The van der Waals surface area contributed by atoms with E-state index >= 15 is 0 Å². The van der Waals surface area contributed by atoms with Crippen molar-refractivity contribution >= 4 is 23.5 Å². The van der Waals surface area contributed by atoms with E-state index in [4.69, 9.17) is 9.47 Å². The van der Waals surface area contributed by atoms with E-state index in [1.54, 1.807) is 6.07 Å². The van der Waals surface area contributed by atoms with Crippen LogP contribution in [-0.2, 0) is 4.79 Å². The van der Waals surface area contributed by atoms with Gasteiger partial charge in [0.15, 0.2) is 16.7 Å². The summed E-state index contributed by atoms with van der Waals surface area (Å²) in [5.41, 5.74) is 1.07. The lowest BCUT2D eigenvalue weighted by Gasteiger charge is -2.24. The van der Waals surface area contributed by atoms with Gasteiger partial charge < -0.3 is 19.8 Å². The van der Waals surface area contributed by atoms with Gasteiger partial charge in [0.05, 0.1) is 5.56 Å². The second-order valence-electron chi connectivity index (χ2n) is 5.26. The molecule has 7 nitrogen and oxygen atoms in total. The number of amides is 1. The first-order chi connectivity index (χ1) is 11.2. The Kier molecular flexibility index (Phi) is 3.26. The van der Waals surface area contributed by atoms with E-state index in [9.17, 15) is 9.59 Å². The van der Waals surface area contributed by atoms with E-state index in [0.717, 1.165) is 5.56 Å². The van der Waals surface area contributed by atoms with E-state index in [1.165, 1.54) is 11.8 Å². The molecule has 0 saturated carbocycles. The maximum Gasteiger partial charge on any atom is 0.257 e. The fourth-order valence-electron chi connectivity index (χ4n) is 2.86. The van der Waals surface area contributed by atoms with Crippen LogP contribution in [0.5, 0.6) is 11.5 Å². The largest absolute Gasteiger partial charge is 0.454 e. The van der Waals surface area contributed by atoms with Crippen molar-refractivity contribution in [2.45, 2.75) is 17.5 Å². The van der Waals surface area contributed by atoms with Gasteiger partial charge in [-0.15, -0.1) is 0 Å². The molecule has 3 heterocycles. The van der Waals surface area contributed by atoms with Crippen molar-refractivity contribution in [3.05, 3.63) is 39.7 Å². The fraction of sp³-hybridized carbons (Fsp3) is 0.267. The number of fused-ring (bicyclic) bond motifs is 2. The number of hydrogen-bond acceptors (Lipinski definition) is 6. The number of anilines is 1. The normalized spacial score (nSPS) is 18.5. The number of rotatable bonds is 2. The van der Waals surface area contributed by atoms with Gasteiger partial charge in [-0.2, -0.15) is 0 Å². The molecule has 23 heavy (non-hydrogen) atoms. The zero-order valence-electron chi connectivity index (χ0n) is 12.2. The summed E-state index contributed by atoms with van der Waals surface area (Å²) in [6.07, 6.45) is 2.00. The Bertz CT molecular complexity index is 864. The molecule has 1 unspecified atom stereocenters. The molecule has 1 aromatic carbocycles. The SMILES string of the molecule is CSc1nc2c(c(=O)[nH]1)C(c1ccc3c(c1)OCO3)CC(=O)N2. The highest BCUT2D eigenvalue weighted by Crippen LogP contribution is 2.39. The monoisotopic (exact) mass is 331 g/mol. The van der Waals surface area contributed by atoms with Crippen molar-refractivity contribution in [1.82, 2.24) is 9.97 Å². The van der Waals surface area contributed by atoms with Gasteiger partial charge in [-0.05, 0) is 24.0 Å². The van der Waals surface area contributed by atoms with Crippen LogP contribution in [0.4, 0.5) is 5.82 Å². The number of nitrogens with one attached hydrogen (secondary N) is 2. The average Bonchev–Trinajstić information content (AvgIpc) is 3.00. The molecule has 2 aromatic rings. The Morgan fingerprint density at radius 3 is 2.91 bits per heavy atom. The smallest absolute Gasteiger partial charge is 0.257 e. The summed E-state index contributed by atoms with van der Waals surface area (Å²) < 4.78 is 10.7. The van der Waals surface area contributed by atoms with E-state index in [-0.39, 0.29) is 30.6 Å². The molecule has 2 N–H and O–H groups in total. The van der Waals surface area contributed by atoms with Crippen molar-refractivity contribution in [2.24, 2.45) is 0 Å². The molecule has 8 heteroatoms. The third-order valence-corrected chi connectivity index (χ3v) is 4.50. The number of hydrogen-bond donors (Lipinski definition) is 2. The number of ether oxygens (including phenoxy) is 2. The van der Waals surface area contributed by atoms with Gasteiger partial charge >= 0.3 is 0 Å². The lowest BCUT2D eigenvalue weighted by atomic mass is 9.86. The number of aromatic amines is 1. The van der Waals surface area contributed by atoms with Crippen LogP contribution in [0.3, 0.4) is 0 Å². The minimum atomic E-state index is -0.361. The summed E-state index contributed by atoms with van der Waals surface area (Å²) >= 11 is 1.32. The zero-order chi connectivity index (χ0) is 16.0. The van der Waals surface area contributed by atoms with Crippen LogP contribution in [0, 0.1) is 0 Å². The second kappa shape index (κ2) is 5.31. The predicted molar refractivity (Wildman–Crippen MR) is 84.3 cm³/mol. The van der Waals surface area contributed by atoms with E-state index in [0.29, 0.717) is 28.0 Å². The minimum Gasteiger partial charge on any atom is -0.454 e. The molecule has 4 rings (SSSR count). The first-order valence-electron chi connectivity index (χ1n) is 7.03. The quantitative estimate of drug-likeness (QED) is 0.642. The topological polar surface area (TPSA) is 93.3 Å². The Labute approximate surface area is 135 Å². The Morgan fingerprint density at radius 2 is 2.09 bits per heavy atom. The molecule has 1 aromatic heterocycles. The Hall–Kier alpha value is -2.48. The summed E-state index contributed by atoms with van der Waals surface area (Å²) in [7, 11) is 0. The van der Waals surface area contributed by atoms with Crippen LogP contribution in [0.25, 0.3) is 0 Å². The van der Waals surface area contributed by atoms with Crippen LogP contribution < -0.4 is 20.3 Å². The van der Waals surface area contributed by atoms with Gasteiger partial charge in [0.2, 0.25) is 12.7 Å². The highest BCUT2D eigenvalue weighted by atomic mass is 32.2. The van der Waals surface area contributed by atoms with Crippen molar-refractivity contribution in [1.29, 1.82) is 0 Å². The zero-order valence-corrected chi connectivity index (χ0v) is 13.0. The van der Waals surface area contributed by atoms with Crippen molar-refractivity contribution in [3.63, 3.8) is 0 Å². The molecule has 0 spiro atoms. The molecular weight excluding hydrogens is 318 g/mol. The Balaban J connectivity index is 1.85. The molecule has 0 saturated heterocycles. The van der Waals surface area contributed by atoms with Crippen molar-refractivity contribution in [3.8, 4) is 11.5 Å². The maximum atomic E-state index is 12.5. The van der Waals surface area contributed by atoms with Crippen LogP contribution in [0.2, 0.25) is 0 Å². The van der Waals surface area contributed by atoms with Crippen molar-refractivity contribution < 1.29 is 14.3 Å².